The van der Waals surface area contributed by atoms with E-state index in [1.165, 1.54) is 0 Å². The average molecular weight is 355 g/mol. The van der Waals surface area contributed by atoms with Gasteiger partial charge < -0.3 is 34.9 Å². The van der Waals surface area contributed by atoms with E-state index in [0.717, 1.165) is 17.7 Å². The Morgan fingerprint density at radius 2 is 1.88 bits per heavy atom. The molecule has 1 saturated heterocycles. The topological polar surface area (TPSA) is 103 Å². The van der Waals surface area contributed by atoms with Gasteiger partial charge in [0.05, 0.1) is 38.6 Å². The van der Waals surface area contributed by atoms with Gasteiger partial charge in [0.2, 0.25) is 0 Å². The van der Waals surface area contributed by atoms with Crippen LogP contribution in [-0.2, 0) is 20.6 Å². The van der Waals surface area contributed by atoms with Crippen molar-refractivity contribution in [3.63, 3.8) is 0 Å². The van der Waals surface area contributed by atoms with Crippen LogP contribution >= 0.6 is 0 Å². The molecule has 4 N–H and O–H groups in total. The van der Waals surface area contributed by atoms with Crippen LogP contribution in [0.5, 0.6) is 5.75 Å². The van der Waals surface area contributed by atoms with Gasteiger partial charge in [-0.05, 0) is 24.1 Å². The third-order valence-corrected chi connectivity index (χ3v) is 3.92. The summed E-state index contributed by atoms with van der Waals surface area (Å²) in [5, 5.41) is 18.9. The molecule has 0 spiro atoms. The molecule has 1 aliphatic heterocycles. The van der Waals surface area contributed by atoms with Gasteiger partial charge in [-0.15, -0.1) is 0 Å². The molecule has 0 saturated carbocycles. The SMILES string of the molecule is NCCOCCOc1ccc(CCOC2CC(O)CC(CO)O2)cc1. The monoisotopic (exact) mass is 355 g/mol. The zero-order valence-electron chi connectivity index (χ0n) is 14.5. The van der Waals surface area contributed by atoms with Crippen molar-refractivity contribution >= 4 is 0 Å². The van der Waals surface area contributed by atoms with Crippen LogP contribution in [0.3, 0.4) is 0 Å². The Bertz CT molecular complexity index is 469. The average Bonchev–Trinajstić information content (AvgIpc) is 2.62. The maximum atomic E-state index is 9.75. The lowest BCUT2D eigenvalue weighted by molar-refractivity contribution is -0.221. The highest BCUT2D eigenvalue weighted by molar-refractivity contribution is 5.27. The van der Waals surface area contributed by atoms with Crippen molar-refractivity contribution in [1.82, 2.24) is 0 Å². The van der Waals surface area contributed by atoms with Crippen molar-refractivity contribution in [1.29, 1.82) is 0 Å². The van der Waals surface area contributed by atoms with E-state index in [4.69, 9.17) is 29.8 Å². The molecule has 7 nitrogen and oxygen atoms in total. The first-order chi connectivity index (χ1) is 12.2. The Balaban J connectivity index is 1.64. The number of rotatable bonds is 11. The summed E-state index contributed by atoms with van der Waals surface area (Å²) in [6, 6.07) is 7.82. The first-order valence-electron chi connectivity index (χ1n) is 8.76. The Kier molecular flexibility index (Phi) is 9.17. The minimum absolute atomic E-state index is 0.102. The third kappa shape index (κ3) is 7.68. The summed E-state index contributed by atoms with van der Waals surface area (Å²) in [4.78, 5) is 0. The molecule has 0 radical (unpaired) electrons. The van der Waals surface area contributed by atoms with Crippen LogP contribution < -0.4 is 10.5 Å². The number of hydrogen-bond donors (Lipinski definition) is 3. The van der Waals surface area contributed by atoms with Crippen LogP contribution in [0.4, 0.5) is 0 Å². The molecular formula is C18H29NO6. The van der Waals surface area contributed by atoms with Crippen LogP contribution in [0.1, 0.15) is 18.4 Å². The van der Waals surface area contributed by atoms with Gasteiger partial charge in [0.1, 0.15) is 12.4 Å². The molecule has 142 valence electrons. The molecule has 7 heteroatoms. The van der Waals surface area contributed by atoms with Crippen molar-refractivity contribution in [2.45, 2.75) is 37.8 Å². The summed E-state index contributed by atoms with van der Waals surface area (Å²) in [5.41, 5.74) is 6.47. The molecule has 1 aromatic rings. The predicted molar refractivity (Wildman–Crippen MR) is 92.5 cm³/mol. The second kappa shape index (κ2) is 11.4. The number of hydrogen-bond acceptors (Lipinski definition) is 7. The lowest BCUT2D eigenvalue weighted by Crippen LogP contribution is -2.39. The zero-order chi connectivity index (χ0) is 17.9. The van der Waals surface area contributed by atoms with Crippen molar-refractivity contribution < 1.29 is 29.2 Å². The fraction of sp³-hybridized carbons (Fsp3) is 0.667. The highest BCUT2D eigenvalue weighted by atomic mass is 16.7. The van der Waals surface area contributed by atoms with E-state index in [2.05, 4.69) is 0 Å². The normalized spacial score (nSPS) is 23.6. The van der Waals surface area contributed by atoms with Gasteiger partial charge in [-0.25, -0.2) is 0 Å². The molecule has 1 aliphatic rings. The Morgan fingerprint density at radius 1 is 1.08 bits per heavy atom. The maximum Gasteiger partial charge on any atom is 0.160 e. The summed E-state index contributed by atoms with van der Waals surface area (Å²) in [6.45, 7) is 2.47. The Hall–Kier alpha value is -1.22. The van der Waals surface area contributed by atoms with E-state index < -0.39 is 12.4 Å². The minimum atomic E-state index is -0.485. The highest BCUT2D eigenvalue weighted by Crippen LogP contribution is 2.20. The molecule has 1 heterocycles. The van der Waals surface area contributed by atoms with E-state index >= 15 is 0 Å². The second-order valence-electron chi connectivity index (χ2n) is 6.01. The summed E-state index contributed by atoms with van der Waals surface area (Å²) < 4.78 is 22.1. The van der Waals surface area contributed by atoms with Gasteiger partial charge in [-0.2, -0.15) is 0 Å². The largest absolute Gasteiger partial charge is 0.491 e. The smallest absolute Gasteiger partial charge is 0.160 e. The Morgan fingerprint density at radius 3 is 2.60 bits per heavy atom. The fourth-order valence-electron chi connectivity index (χ4n) is 2.64. The van der Waals surface area contributed by atoms with E-state index in [-0.39, 0.29) is 12.7 Å². The quantitative estimate of drug-likeness (QED) is 0.495. The highest BCUT2D eigenvalue weighted by Gasteiger charge is 2.28. The molecule has 3 unspecified atom stereocenters. The van der Waals surface area contributed by atoms with Crippen LogP contribution in [-0.4, -0.2) is 68.3 Å². The zero-order valence-corrected chi connectivity index (χ0v) is 14.5. The first-order valence-corrected chi connectivity index (χ1v) is 8.76. The molecule has 0 bridgehead atoms. The van der Waals surface area contributed by atoms with Gasteiger partial charge in [0, 0.05) is 19.4 Å². The van der Waals surface area contributed by atoms with Gasteiger partial charge in [0.15, 0.2) is 6.29 Å². The second-order valence-corrected chi connectivity index (χ2v) is 6.01. The molecule has 0 aliphatic carbocycles. The summed E-state index contributed by atoms with van der Waals surface area (Å²) in [5.74, 6) is 0.797. The minimum Gasteiger partial charge on any atom is -0.491 e. The van der Waals surface area contributed by atoms with Crippen molar-refractivity contribution in [3.8, 4) is 5.75 Å². The molecule has 3 atom stereocenters. The van der Waals surface area contributed by atoms with Crippen molar-refractivity contribution in [2.75, 3.05) is 39.6 Å². The standard InChI is InChI=1S/C18H29NO6/c19-6-8-22-9-10-23-16-3-1-14(2-4-16)5-7-24-18-12-15(21)11-17(13-20)25-18/h1-4,15,17-18,20-21H,5-13,19H2. The molecule has 0 aromatic heterocycles. The van der Waals surface area contributed by atoms with E-state index in [1.807, 2.05) is 24.3 Å². The van der Waals surface area contributed by atoms with Crippen LogP contribution in [0.15, 0.2) is 24.3 Å². The van der Waals surface area contributed by atoms with Crippen molar-refractivity contribution in [2.24, 2.45) is 5.73 Å². The number of ether oxygens (including phenoxy) is 4. The molecule has 0 amide bonds. The first kappa shape index (κ1) is 20.1. The number of benzene rings is 1. The fourth-order valence-corrected chi connectivity index (χ4v) is 2.64. The number of aliphatic hydroxyl groups is 2. The molecule has 25 heavy (non-hydrogen) atoms. The van der Waals surface area contributed by atoms with Gasteiger partial charge in [-0.1, -0.05) is 12.1 Å². The predicted octanol–water partition coefficient (Wildman–Crippen LogP) is 0.458. The summed E-state index contributed by atoms with van der Waals surface area (Å²) in [7, 11) is 0. The number of aliphatic hydroxyl groups excluding tert-OH is 2. The van der Waals surface area contributed by atoms with E-state index in [9.17, 15) is 5.11 Å². The lowest BCUT2D eigenvalue weighted by Gasteiger charge is -2.32. The van der Waals surface area contributed by atoms with E-state index in [1.54, 1.807) is 0 Å². The summed E-state index contributed by atoms with van der Waals surface area (Å²) in [6.07, 6.45) is 0.335. The van der Waals surface area contributed by atoms with Crippen LogP contribution in [0.2, 0.25) is 0 Å². The van der Waals surface area contributed by atoms with Gasteiger partial charge in [0.25, 0.3) is 0 Å². The van der Waals surface area contributed by atoms with Gasteiger partial charge in [-0.3, -0.25) is 0 Å². The van der Waals surface area contributed by atoms with Gasteiger partial charge >= 0.3 is 0 Å². The Labute approximate surface area is 148 Å². The van der Waals surface area contributed by atoms with E-state index in [0.29, 0.717) is 45.8 Å². The van der Waals surface area contributed by atoms with Crippen LogP contribution in [0.25, 0.3) is 0 Å². The molecular weight excluding hydrogens is 326 g/mol. The molecule has 1 aromatic carbocycles. The molecule has 2 rings (SSSR count). The molecule has 1 fully saturated rings. The summed E-state index contributed by atoms with van der Waals surface area (Å²) >= 11 is 0. The van der Waals surface area contributed by atoms with Crippen molar-refractivity contribution in [3.05, 3.63) is 29.8 Å². The maximum absolute atomic E-state index is 9.75. The third-order valence-electron chi connectivity index (χ3n) is 3.92. The number of nitrogens with two attached hydrogens (primary N) is 1. The lowest BCUT2D eigenvalue weighted by atomic mass is 10.1. The van der Waals surface area contributed by atoms with Crippen LogP contribution in [0, 0.1) is 0 Å².